The highest BCUT2D eigenvalue weighted by Crippen LogP contribution is 2.43. The van der Waals surface area contributed by atoms with Crippen molar-refractivity contribution in [2.75, 3.05) is 0 Å². The Kier molecular flexibility index (Phi) is 3.32. The highest BCUT2D eigenvalue weighted by Gasteiger charge is 2.53. The van der Waals surface area contributed by atoms with E-state index >= 15 is 0 Å². The molecule has 0 amide bonds. The number of allylic oxidation sites excluding steroid dienone is 2. The molecule has 2 aliphatic rings. The van der Waals surface area contributed by atoms with Gasteiger partial charge < -0.3 is 14.4 Å². The SMILES string of the molecule is CC1(C)OB(C2C=CCC(C(=O)O)C2)OC1(C)C. The van der Waals surface area contributed by atoms with E-state index in [-0.39, 0.29) is 30.1 Å². The van der Waals surface area contributed by atoms with Gasteiger partial charge in [0.05, 0.1) is 17.1 Å². The van der Waals surface area contributed by atoms with Crippen molar-refractivity contribution >= 4 is 13.1 Å². The number of carboxylic acid groups (broad SMARTS) is 1. The van der Waals surface area contributed by atoms with Gasteiger partial charge in [-0.1, -0.05) is 12.2 Å². The van der Waals surface area contributed by atoms with Crippen LogP contribution in [0.5, 0.6) is 0 Å². The fraction of sp³-hybridized carbons (Fsp3) is 0.769. The molecule has 0 aromatic rings. The summed E-state index contributed by atoms with van der Waals surface area (Å²) >= 11 is 0. The number of carbonyl (C=O) groups is 1. The zero-order valence-corrected chi connectivity index (χ0v) is 11.5. The highest BCUT2D eigenvalue weighted by molar-refractivity contribution is 6.48. The van der Waals surface area contributed by atoms with E-state index in [1.54, 1.807) is 0 Å². The predicted octanol–water partition coefficient (Wildman–Crippen LogP) is 2.50. The summed E-state index contributed by atoms with van der Waals surface area (Å²) in [6, 6.07) is 0. The van der Waals surface area contributed by atoms with Crippen LogP contribution in [0.4, 0.5) is 0 Å². The van der Waals surface area contributed by atoms with Crippen LogP contribution in [0.2, 0.25) is 5.82 Å². The lowest BCUT2D eigenvalue weighted by molar-refractivity contribution is -0.141. The molecule has 0 bridgehead atoms. The molecule has 1 aliphatic carbocycles. The molecule has 0 saturated carbocycles. The first-order chi connectivity index (χ1) is 8.23. The Hall–Kier alpha value is -0.805. The number of hydrogen-bond acceptors (Lipinski definition) is 3. The Morgan fingerprint density at radius 2 is 1.83 bits per heavy atom. The van der Waals surface area contributed by atoms with Crippen molar-refractivity contribution < 1.29 is 19.2 Å². The summed E-state index contributed by atoms with van der Waals surface area (Å²) in [7, 11) is -0.339. The average Bonchev–Trinajstić information content (AvgIpc) is 2.48. The summed E-state index contributed by atoms with van der Waals surface area (Å²) < 4.78 is 11.9. The van der Waals surface area contributed by atoms with E-state index in [0.29, 0.717) is 12.8 Å². The fourth-order valence-electron chi connectivity index (χ4n) is 2.39. The van der Waals surface area contributed by atoms with Crippen LogP contribution in [-0.2, 0) is 14.1 Å². The first-order valence-electron chi connectivity index (χ1n) is 6.48. The van der Waals surface area contributed by atoms with E-state index in [2.05, 4.69) is 0 Å². The van der Waals surface area contributed by atoms with Crippen molar-refractivity contribution in [3.8, 4) is 0 Å². The molecular formula is C13H21BO4. The normalized spacial score (nSPS) is 33.7. The Morgan fingerprint density at radius 1 is 1.28 bits per heavy atom. The standard InChI is InChI=1S/C13H21BO4/c1-12(2)13(3,4)18-14(17-12)10-7-5-6-9(8-10)11(15)16/h5,7,9-10H,6,8H2,1-4H3,(H,15,16). The van der Waals surface area contributed by atoms with E-state index in [9.17, 15) is 4.79 Å². The molecule has 4 nitrogen and oxygen atoms in total. The van der Waals surface area contributed by atoms with Gasteiger partial charge in [-0.15, -0.1) is 0 Å². The summed E-state index contributed by atoms with van der Waals surface area (Å²) in [5.74, 6) is -1.03. The molecule has 1 heterocycles. The second-order valence-electron chi connectivity index (χ2n) is 6.22. The fourth-order valence-corrected chi connectivity index (χ4v) is 2.39. The Bertz CT molecular complexity index is 359. The third-order valence-corrected chi connectivity index (χ3v) is 4.33. The second kappa shape index (κ2) is 4.39. The minimum Gasteiger partial charge on any atom is -0.481 e. The van der Waals surface area contributed by atoms with Crippen LogP contribution in [0, 0.1) is 5.92 Å². The highest BCUT2D eigenvalue weighted by atomic mass is 16.7. The first kappa shape index (κ1) is 13.6. The van der Waals surface area contributed by atoms with E-state index in [1.807, 2.05) is 39.8 Å². The molecule has 1 N–H and O–H groups in total. The molecule has 2 unspecified atom stereocenters. The summed E-state index contributed by atoms with van der Waals surface area (Å²) in [5.41, 5.74) is -0.719. The molecule has 0 aromatic heterocycles. The lowest BCUT2D eigenvalue weighted by Crippen LogP contribution is -2.41. The van der Waals surface area contributed by atoms with Crippen molar-refractivity contribution in [1.82, 2.24) is 0 Å². The third-order valence-electron chi connectivity index (χ3n) is 4.33. The van der Waals surface area contributed by atoms with Gasteiger partial charge >= 0.3 is 13.1 Å². The van der Waals surface area contributed by atoms with E-state index < -0.39 is 5.97 Å². The smallest absolute Gasteiger partial charge is 0.465 e. The molecule has 0 spiro atoms. The van der Waals surface area contributed by atoms with Gasteiger partial charge in [0.25, 0.3) is 0 Å². The maximum Gasteiger partial charge on any atom is 0.465 e. The van der Waals surface area contributed by atoms with Gasteiger partial charge in [-0.25, -0.2) is 0 Å². The Morgan fingerprint density at radius 3 is 2.33 bits per heavy atom. The van der Waals surface area contributed by atoms with Gasteiger partial charge in [0, 0.05) is 5.82 Å². The van der Waals surface area contributed by atoms with Crippen molar-refractivity contribution in [1.29, 1.82) is 0 Å². The second-order valence-corrected chi connectivity index (χ2v) is 6.22. The third kappa shape index (κ3) is 2.34. The van der Waals surface area contributed by atoms with Gasteiger partial charge in [0.2, 0.25) is 0 Å². The molecule has 1 aliphatic heterocycles. The van der Waals surface area contributed by atoms with Crippen molar-refractivity contribution in [3.05, 3.63) is 12.2 Å². The van der Waals surface area contributed by atoms with Crippen molar-refractivity contribution in [2.24, 2.45) is 5.92 Å². The zero-order chi connectivity index (χ0) is 13.6. The number of carboxylic acids is 1. The Balaban J connectivity index is 2.08. The topological polar surface area (TPSA) is 55.8 Å². The summed E-state index contributed by atoms with van der Waals surface area (Å²) in [6.45, 7) is 8.03. The van der Waals surface area contributed by atoms with E-state index in [4.69, 9.17) is 14.4 Å². The molecule has 5 heteroatoms. The number of rotatable bonds is 2. The van der Waals surface area contributed by atoms with Crippen molar-refractivity contribution in [2.45, 2.75) is 57.6 Å². The zero-order valence-electron chi connectivity index (χ0n) is 11.5. The molecule has 0 radical (unpaired) electrons. The summed E-state index contributed by atoms with van der Waals surface area (Å²) in [6.07, 6.45) is 5.15. The van der Waals surface area contributed by atoms with Gasteiger partial charge in [0.15, 0.2) is 0 Å². The van der Waals surface area contributed by atoms with E-state index in [1.165, 1.54) is 0 Å². The lowest BCUT2D eigenvalue weighted by Gasteiger charge is -2.32. The molecule has 0 aromatic carbocycles. The first-order valence-corrected chi connectivity index (χ1v) is 6.48. The quantitative estimate of drug-likeness (QED) is 0.606. The maximum atomic E-state index is 11.1. The van der Waals surface area contributed by atoms with Crippen LogP contribution in [0.3, 0.4) is 0 Å². The monoisotopic (exact) mass is 252 g/mol. The van der Waals surface area contributed by atoms with Gasteiger partial charge in [0.1, 0.15) is 0 Å². The molecule has 18 heavy (non-hydrogen) atoms. The van der Waals surface area contributed by atoms with Crippen LogP contribution in [0.25, 0.3) is 0 Å². The van der Waals surface area contributed by atoms with Crippen LogP contribution in [-0.4, -0.2) is 29.4 Å². The molecule has 2 atom stereocenters. The summed E-state index contributed by atoms with van der Waals surface area (Å²) in [5, 5.41) is 9.09. The molecular weight excluding hydrogens is 231 g/mol. The van der Waals surface area contributed by atoms with Crippen LogP contribution >= 0.6 is 0 Å². The van der Waals surface area contributed by atoms with Crippen LogP contribution < -0.4 is 0 Å². The molecule has 2 rings (SSSR count). The minimum atomic E-state index is -0.735. The van der Waals surface area contributed by atoms with Gasteiger partial charge in [-0.2, -0.15) is 0 Å². The minimum absolute atomic E-state index is 0.0286. The van der Waals surface area contributed by atoms with Crippen LogP contribution in [0.1, 0.15) is 40.5 Å². The van der Waals surface area contributed by atoms with Crippen LogP contribution in [0.15, 0.2) is 12.2 Å². The average molecular weight is 252 g/mol. The molecule has 1 saturated heterocycles. The lowest BCUT2D eigenvalue weighted by atomic mass is 9.65. The maximum absolute atomic E-state index is 11.1. The van der Waals surface area contributed by atoms with Gasteiger partial charge in [-0.05, 0) is 40.5 Å². The van der Waals surface area contributed by atoms with Crippen molar-refractivity contribution in [3.63, 3.8) is 0 Å². The molecule has 100 valence electrons. The number of aliphatic carboxylic acids is 1. The van der Waals surface area contributed by atoms with E-state index in [0.717, 1.165) is 0 Å². The largest absolute Gasteiger partial charge is 0.481 e. The summed E-state index contributed by atoms with van der Waals surface area (Å²) in [4.78, 5) is 11.1. The number of hydrogen-bond donors (Lipinski definition) is 1. The Labute approximate surface area is 108 Å². The van der Waals surface area contributed by atoms with Gasteiger partial charge in [-0.3, -0.25) is 4.79 Å². The predicted molar refractivity (Wildman–Crippen MR) is 69.3 cm³/mol. The molecule has 1 fully saturated rings.